The molecular weight excluding hydrogens is 450 g/mol. The van der Waals surface area contributed by atoms with Gasteiger partial charge in [0.1, 0.15) is 0 Å². The van der Waals surface area contributed by atoms with Crippen molar-refractivity contribution in [2.75, 3.05) is 0 Å². The van der Waals surface area contributed by atoms with Gasteiger partial charge in [-0.2, -0.15) is 9.40 Å². The largest absolute Gasteiger partial charge is 0.481 e. The van der Waals surface area contributed by atoms with E-state index in [1.54, 1.807) is 41.2 Å². The summed E-state index contributed by atoms with van der Waals surface area (Å²) in [6.07, 6.45) is 3.97. The summed E-state index contributed by atoms with van der Waals surface area (Å²) in [6, 6.07) is 25.2. The normalized spacial score (nSPS) is 11.6. The van der Waals surface area contributed by atoms with E-state index >= 15 is 0 Å². The highest BCUT2D eigenvalue weighted by molar-refractivity contribution is 7.89. The van der Waals surface area contributed by atoms with Gasteiger partial charge in [-0.3, -0.25) is 4.79 Å². The summed E-state index contributed by atoms with van der Waals surface area (Å²) in [7, 11) is -3.77. The summed E-state index contributed by atoms with van der Waals surface area (Å²) in [4.78, 5) is 11.2. The summed E-state index contributed by atoms with van der Waals surface area (Å²) in [5.74, 6) is -0.864. The fraction of sp³-hybridized carbons (Fsp3) is 0.154. The first kappa shape index (κ1) is 23.4. The number of rotatable bonds is 10. The molecule has 0 atom stereocenters. The molecule has 1 aromatic heterocycles. The molecule has 0 aliphatic carbocycles. The van der Waals surface area contributed by atoms with Crippen molar-refractivity contribution in [2.24, 2.45) is 0 Å². The molecule has 7 nitrogen and oxygen atoms in total. The summed E-state index contributed by atoms with van der Waals surface area (Å²) >= 11 is 0. The zero-order valence-corrected chi connectivity index (χ0v) is 19.3. The van der Waals surface area contributed by atoms with E-state index in [0.29, 0.717) is 6.42 Å². The van der Waals surface area contributed by atoms with Crippen LogP contribution in [0, 0.1) is 0 Å². The Morgan fingerprint density at radius 2 is 1.56 bits per heavy atom. The van der Waals surface area contributed by atoms with Crippen LogP contribution in [-0.4, -0.2) is 33.6 Å². The Labute approximate surface area is 199 Å². The summed E-state index contributed by atoms with van der Waals surface area (Å²) < 4.78 is 30.2. The number of carbonyl (C=O) groups is 1. The van der Waals surface area contributed by atoms with Crippen molar-refractivity contribution in [1.29, 1.82) is 0 Å². The van der Waals surface area contributed by atoms with E-state index in [0.717, 1.165) is 22.4 Å². The fourth-order valence-corrected chi connectivity index (χ4v) is 5.12. The first-order chi connectivity index (χ1) is 16.4. The van der Waals surface area contributed by atoms with Crippen molar-refractivity contribution >= 4 is 16.0 Å². The first-order valence-electron chi connectivity index (χ1n) is 10.9. The lowest BCUT2D eigenvalue weighted by Crippen LogP contribution is -2.30. The third-order valence-corrected chi connectivity index (χ3v) is 7.23. The van der Waals surface area contributed by atoms with Gasteiger partial charge in [0.15, 0.2) is 0 Å². The van der Waals surface area contributed by atoms with Gasteiger partial charge in [0, 0.05) is 31.9 Å². The molecule has 0 saturated carbocycles. The average Bonchev–Trinajstić information content (AvgIpc) is 3.39. The Bertz CT molecular complexity index is 1340. The molecule has 1 heterocycles. The third-order valence-electron chi connectivity index (χ3n) is 5.42. The molecule has 0 amide bonds. The zero-order valence-electron chi connectivity index (χ0n) is 18.5. The number of aromatic nitrogens is 2. The summed E-state index contributed by atoms with van der Waals surface area (Å²) in [5, 5.41) is 13.2. The van der Waals surface area contributed by atoms with Crippen LogP contribution < -0.4 is 0 Å². The van der Waals surface area contributed by atoms with Crippen molar-refractivity contribution in [3.8, 4) is 5.69 Å². The van der Waals surface area contributed by atoms with Crippen LogP contribution in [0.1, 0.15) is 23.1 Å². The van der Waals surface area contributed by atoms with Gasteiger partial charge in [0.25, 0.3) is 0 Å². The highest BCUT2D eigenvalue weighted by atomic mass is 32.2. The molecule has 174 valence electrons. The van der Waals surface area contributed by atoms with Gasteiger partial charge in [0.2, 0.25) is 10.0 Å². The fourth-order valence-electron chi connectivity index (χ4n) is 3.69. The maximum atomic E-state index is 13.5. The average molecular weight is 476 g/mol. The number of benzene rings is 3. The van der Waals surface area contributed by atoms with Crippen LogP contribution in [0.2, 0.25) is 0 Å². The van der Waals surface area contributed by atoms with E-state index in [9.17, 15) is 13.2 Å². The SMILES string of the molecule is O=C(O)CCc1cccc(CN(Cc2ccc(-n3cccn3)cc2)S(=O)(=O)c2ccccc2)c1. The smallest absolute Gasteiger partial charge is 0.303 e. The highest BCUT2D eigenvalue weighted by Gasteiger charge is 2.25. The number of nitrogens with zero attached hydrogens (tertiary/aromatic N) is 3. The Morgan fingerprint density at radius 1 is 0.853 bits per heavy atom. The van der Waals surface area contributed by atoms with Gasteiger partial charge in [-0.25, -0.2) is 13.1 Å². The predicted octanol–water partition coefficient (Wildman–Crippen LogP) is 4.28. The van der Waals surface area contributed by atoms with Crippen LogP contribution in [0.3, 0.4) is 0 Å². The number of hydrogen-bond acceptors (Lipinski definition) is 4. The van der Waals surface area contributed by atoms with Gasteiger partial charge in [-0.15, -0.1) is 0 Å². The van der Waals surface area contributed by atoms with Crippen molar-refractivity contribution in [3.63, 3.8) is 0 Å². The molecule has 1 N–H and O–H groups in total. The lowest BCUT2D eigenvalue weighted by molar-refractivity contribution is -0.136. The second-order valence-electron chi connectivity index (χ2n) is 7.92. The molecule has 0 spiro atoms. The summed E-state index contributed by atoms with van der Waals surface area (Å²) in [6.45, 7) is 0.356. The molecule has 4 aromatic rings. The zero-order chi connectivity index (χ0) is 24.0. The van der Waals surface area contributed by atoms with Crippen molar-refractivity contribution in [3.05, 3.63) is 114 Å². The molecule has 34 heavy (non-hydrogen) atoms. The van der Waals surface area contributed by atoms with E-state index in [4.69, 9.17) is 5.11 Å². The second-order valence-corrected chi connectivity index (χ2v) is 9.85. The number of aliphatic carboxylic acids is 1. The Balaban J connectivity index is 1.61. The van der Waals surface area contributed by atoms with Crippen LogP contribution in [0.15, 0.2) is 102 Å². The van der Waals surface area contributed by atoms with Gasteiger partial charge in [-0.05, 0) is 53.4 Å². The minimum absolute atomic E-state index is 0.0259. The molecule has 3 aromatic carbocycles. The third kappa shape index (κ3) is 5.78. The maximum Gasteiger partial charge on any atom is 0.303 e. The lowest BCUT2D eigenvalue weighted by atomic mass is 10.1. The predicted molar refractivity (Wildman–Crippen MR) is 129 cm³/mol. The molecule has 0 fully saturated rings. The van der Waals surface area contributed by atoms with Crippen LogP contribution in [0.4, 0.5) is 0 Å². The standard InChI is InChI=1S/C26H25N3O4S/c30-26(31)15-12-21-6-4-7-23(18-21)20-28(34(32,33)25-8-2-1-3-9-25)19-22-10-13-24(14-11-22)29-17-5-16-27-29/h1-11,13-14,16-18H,12,15,19-20H2,(H,30,31). The lowest BCUT2D eigenvalue weighted by Gasteiger charge is -2.23. The van der Waals surface area contributed by atoms with Crippen LogP contribution in [-0.2, 0) is 34.3 Å². The molecule has 8 heteroatoms. The topological polar surface area (TPSA) is 92.5 Å². The minimum atomic E-state index is -3.77. The number of aryl methyl sites for hydroxylation is 1. The van der Waals surface area contributed by atoms with Crippen LogP contribution >= 0.6 is 0 Å². The van der Waals surface area contributed by atoms with Crippen LogP contribution in [0.25, 0.3) is 5.69 Å². The maximum absolute atomic E-state index is 13.5. The Morgan fingerprint density at radius 3 is 2.24 bits per heavy atom. The van der Waals surface area contributed by atoms with Crippen molar-refractivity contribution in [1.82, 2.24) is 14.1 Å². The molecule has 0 bridgehead atoms. The number of carboxylic acid groups (broad SMARTS) is 1. The van der Waals surface area contributed by atoms with E-state index in [1.807, 2.05) is 60.8 Å². The van der Waals surface area contributed by atoms with Crippen molar-refractivity contribution < 1.29 is 18.3 Å². The van der Waals surface area contributed by atoms with Crippen LogP contribution in [0.5, 0.6) is 0 Å². The van der Waals surface area contributed by atoms with E-state index < -0.39 is 16.0 Å². The quantitative estimate of drug-likeness (QED) is 0.370. The molecule has 0 radical (unpaired) electrons. The number of carboxylic acids is 1. The first-order valence-corrected chi connectivity index (χ1v) is 12.3. The van der Waals surface area contributed by atoms with Gasteiger partial charge >= 0.3 is 5.97 Å². The number of sulfonamides is 1. The molecule has 0 aliphatic rings. The molecule has 4 rings (SSSR count). The Hall–Kier alpha value is -3.75. The minimum Gasteiger partial charge on any atom is -0.481 e. The van der Waals surface area contributed by atoms with Gasteiger partial charge < -0.3 is 5.11 Å². The molecule has 0 unspecified atom stereocenters. The molecular formula is C26H25N3O4S. The summed E-state index contributed by atoms with van der Waals surface area (Å²) in [5.41, 5.74) is 3.39. The molecule has 0 saturated heterocycles. The number of hydrogen-bond donors (Lipinski definition) is 1. The van der Waals surface area contributed by atoms with Gasteiger partial charge in [-0.1, -0.05) is 54.6 Å². The Kier molecular flexibility index (Phi) is 7.20. The van der Waals surface area contributed by atoms with E-state index in [2.05, 4.69) is 5.10 Å². The van der Waals surface area contributed by atoms with E-state index in [1.165, 1.54) is 4.31 Å². The monoisotopic (exact) mass is 475 g/mol. The molecule has 0 aliphatic heterocycles. The van der Waals surface area contributed by atoms with Gasteiger partial charge in [0.05, 0.1) is 10.6 Å². The van der Waals surface area contributed by atoms with Crippen molar-refractivity contribution in [2.45, 2.75) is 30.8 Å². The van der Waals surface area contributed by atoms with E-state index in [-0.39, 0.29) is 24.4 Å². The second kappa shape index (κ2) is 10.5. The highest BCUT2D eigenvalue weighted by Crippen LogP contribution is 2.22.